The zero-order valence-electron chi connectivity index (χ0n) is 11.1. The zero-order chi connectivity index (χ0) is 14.1. The van der Waals surface area contributed by atoms with Gasteiger partial charge in [0.15, 0.2) is 11.6 Å². The molecule has 0 radical (unpaired) electrons. The van der Waals surface area contributed by atoms with Gasteiger partial charge in [0.25, 0.3) is 0 Å². The lowest BCUT2D eigenvalue weighted by atomic mass is 10.1. The third kappa shape index (κ3) is 2.41. The Labute approximate surface area is 115 Å². The summed E-state index contributed by atoms with van der Waals surface area (Å²) in [4.78, 5) is 2.10. The van der Waals surface area contributed by atoms with Crippen LogP contribution < -0.4 is 4.74 Å². The number of rotatable bonds is 2. The van der Waals surface area contributed by atoms with Gasteiger partial charge in [-0.3, -0.25) is 4.90 Å². The van der Waals surface area contributed by atoms with Crippen molar-refractivity contribution in [2.45, 2.75) is 19.1 Å². The highest BCUT2D eigenvalue weighted by Crippen LogP contribution is 2.32. The van der Waals surface area contributed by atoms with Crippen LogP contribution in [0.2, 0.25) is 0 Å². The average Bonchev–Trinajstić information content (AvgIpc) is 2.82. The van der Waals surface area contributed by atoms with Gasteiger partial charge in [0.2, 0.25) is 5.82 Å². The number of halogens is 2. The number of hydrogen-bond acceptors (Lipinski definition) is 3. The highest BCUT2D eigenvalue weighted by Gasteiger charge is 2.25. The Hall–Kier alpha value is -1.88. The fraction of sp³-hybridized carbons (Fsp3) is 0.333. The lowest BCUT2D eigenvalue weighted by Crippen LogP contribution is -2.18. The van der Waals surface area contributed by atoms with E-state index in [1.54, 1.807) is 6.26 Å². The third-order valence-corrected chi connectivity index (χ3v) is 3.50. The van der Waals surface area contributed by atoms with Crippen molar-refractivity contribution in [3.63, 3.8) is 0 Å². The second kappa shape index (κ2) is 5.25. The van der Waals surface area contributed by atoms with Crippen LogP contribution in [0.25, 0.3) is 0 Å². The largest absolute Gasteiger partial charge is 0.482 e. The summed E-state index contributed by atoms with van der Waals surface area (Å²) in [6.45, 7) is 1.49. The first kappa shape index (κ1) is 13.1. The monoisotopic (exact) mass is 279 g/mol. The Morgan fingerprint density at radius 2 is 2.15 bits per heavy atom. The molecule has 1 unspecified atom stereocenters. The van der Waals surface area contributed by atoms with E-state index in [1.807, 2.05) is 13.1 Å². The Balaban J connectivity index is 1.89. The first-order valence-corrected chi connectivity index (χ1v) is 6.50. The maximum absolute atomic E-state index is 13.7. The minimum Gasteiger partial charge on any atom is -0.482 e. The van der Waals surface area contributed by atoms with Gasteiger partial charge in [-0.15, -0.1) is 0 Å². The summed E-state index contributed by atoms with van der Waals surface area (Å²) in [5, 5.41) is 0. The smallest absolute Gasteiger partial charge is 0.200 e. The summed E-state index contributed by atoms with van der Waals surface area (Å²) in [6, 6.07) is 5.78. The topological polar surface area (TPSA) is 25.6 Å². The van der Waals surface area contributed by atoms with E-state index in [0.717, 1.165) is 23.9 Å². The van der Waals surface area contributed by atoms with Crippen LogP contribution in [0.3, 0.4) is 0 Å². The molecule has 0 amide bonds. The molecule has 20 heavy (non-hydrogen) atoms. The van der Waals surface area contributed by atoms with E-state index in [1.165, 1.54) is 12.1 Å². The van der Waals surface area contributed by atoms with Gasteiger partial charge >= 0.3 is 0 Å². The molecule has 0 aliphatic carbocycles. The van der Waals surface area contributed by atoms with Crippen molar-refractivity contribution >= 4 is 0 Å². The molecule has 0 saturated heterocycles. The molecule has 0 fully saturated rings. The molecule has 1 aliphatic heterocycles. The van der Waals surface area contributed by atoms with E-state index < -0.39 is 11.6 Å². The molecule has 5 heteroatoms. The zero-order valence-corrected chi connectivity index (χ0v) is 11.1. The van der Waals surface area contributed by atoms with Crippen molar-refractivity contribution in [2.75, 3.05) is 13.6 Å². The lowest BCUT2D eigenvalue weighted by Gasteiger charge is -2.18. The molecule has 1 aliphatic rings. The number of fused-ring (bicyclic) bond motifs is 1. The fourth-order valence-electron chi connectivity index (χ4n) is 2.43. The van der Waals surface area contributed by atoms with E-state index in [2.05, 4.69) is 4.90 Å². The van der Waals surface area contributed by atoms with Crippen molar-refractivity contribution in [1.29, 1.82) is 0 Å². The van der Waals surface area contributed by atoms with Gasteiger partial charge in [-0.2, -0.15) is 4.39 Å². The van der Waals surface area contributed by atoms with Crippen LogP contribution in [0, 0.1) is 11.6 Å². The highest BCUT2D eigenvalue weighted by atomic mass is 19.2. The van der Waals surface area contributed by atoms with E-state index in [0.29, 0.717) is 13.0 Å². The van der Waals surface area contributed by atoms with Gasteiger partial charge in [0, 0.05) is 18.5 Å². The maximum atomic E-state index is 13.7. The first-order valence-electron chi connectivity index (χ1n) is 6.50. The van der Waals surface area contributed by atoms with E-state index in [4.69, 9.17) is 9.15 Å². The second-order valence-electron chi connectivity index (χ2n) is 4.98. The van der Waals surface area contributed by atoms with Crippen LogP contribution in [-0.4, -0.2) is 18.5 Å². The quantitative estimate of drug-likeness (QED) is 0.841. The predicted molar refractivity (Wildman–Crippen MR) is 69.4 cm³/mol. The molecule has 0 saturated carbocycles. The molecule has 1 atom stereocenters. The molecule has 2 aromatic rings. The number of furan rings is 1. The average molecular weight is 279 g/mol. The van der Waals surface area contributed by atoms with Gasteiger partial charge < -0.3 is 9.15 Å². The molecule has 0 N–H and O–H groups in total. The number of benzene rings is 1. The van der Waals surface area contributed by atoms with Crippen molar-refractivity contribution < 1.29 is 17.9 Å². The number of ether oxygens (including phenoxy) is 1. The molecule has 3 rings (SSSR count). The minimum absolute atomic E-state index is 0.0632. The van der Waals surface area contributed by atoms with Crippen LogP contribution in [0.1, 0.15) is 23.8 Å². The number of hydrogen-bond donors (Lipinski definition) is 0. The number of nitrogens with zero attached hydrogens (tertiary/aromatic N) is 1. The van der Waals surface area contributed by atoms with Crippen molar-refractivity contribution in [3.05, 3.63) is 53.5 Å². The summed E-state index contributed by atoms with van der Waals surface area (Å²) in [6.07, 6.45) is 1.96. The second-order valence-corrected chi connectivity index (χ2v) is 4.98. The molecule has 106 valence electrons. The molecule has 0 bridgehead atoms. The molecule has 1 aromatic heterocycles. The van der Waals surface area contributed by atoms with Gasteiger partial charge in [0.1, 0.15) is 11.9 Å². The van der Waals surface area contributed by atoms with Crippen LogP contribution in [0.4, 0.5) is 8.78 Å². The predicted octanol–water partition coefficient (Wildman–Crippen LogP) is 3.51. The summed E-state index contributed by atoms with van der Waals surface area (Å²) in [5.41, 5.74) is 0.901. The molecule has 1 aromatic carbocycles. The van der Waals surface area contributed by atoms with Crippen molar-refractivity contribution in [1.82, 2.24) is 4.90 Å². The Morgan fingerprint density at radius 1 is 1.30 bits per heavy atom. The normalized spacial score (nSPS) is 19.4. The summed E-state index contributed by atoms with van der Waals surface area (Å²) < 4.78 is 38.0. The SMILES string of the molecule is CN1CCC(Oc2cccc(F)c2F)c2ccoc2C1. The van der Waals surface area contributed by atoms with E-state index >= 15 is 0 Å². The van der Waals surface area contributed by atoms with Crippen LogP contribution in [0.5, 0.6) is 5.75 Å². The Morgan fingerprint density at radius 3 is 3.00 bits per heavy atom. The molecular weight excluding hydrogens is 264 g/mol. The van der Waals surface area contributed by atoms with Gasteiger partial charge in [-0.05, 0) is 25.2 Å². The summed E-state index contributed by atoms with van der Waals surface area (Å²) in [5.74, 6) is -1.10. The lowest BCUT2D eigenvalue weighted by molar-refractivity contribution is 0.173. The van der Waals surface area contributed by atoms with Gasteiger partial charge in [-0.1, -0.05) is 6.07 Å². The standard InChI is InChI=1S/C15H15F2NO2/c1-18-7-5-12(10-6-8-19-14(10)9-18)20-13-4-2-3-11(16)15(13)17/h2-4,6,8,12H,5,7,9H2,1H3. The Kier molecular flexibility index (Phi) is 3.44. The van der Waals surface area contributed by atoms with Crippen LogP contribution in [0.15, 0.2) is 34.9 Å². The van der Waals surface area contributed by atoms with Gasteiger partial charge in [0.05, 0.1) is 12.8 Å². The van der Waals surface area contributed by atoms with Crippen molar-refractivity contribution in [3.8, 4) is 5.75 Å². The van der Waals surface area contributed by atoms with Crippen LogP contribution >= 0.6 is 0 Å². The van der Waals surface area contributed by atoms with Crippen molar-refractivity contribution in [2.24, 2.45) is 0 Å². The molecular formula is C15H15F2NO2. The first-order chi connectivity index (χ1) is 9.65. The van der Waals surface area contributed by atoms with Crippen LogP contribution in [-0.2, 0) is 6.54 Å². The fourth-order valence-corrected chi connectivity index (χ4v) is 2.43. The molecule has 3 nitrogen and oxygen atoms in total. The third-order valence-electron chi connectivity index (χ3n) is 3.50. The minimum atomic E-state index is -0.949. The Bertz CT molecular complexity index is 612. The van der Waals surface area contributed by atoms with E-state index in [9.17, 15) is 8.78 Å². The van der Waals surface area contributed by atoms with E-state index in [-0.39, 0.29) is 11.9 Å². The maximum Gasteiger partial charge on any atom is 0.200 e. The summed E-state index contributed by atoms with van der Waals surface area (Å²) >= 11 is 0. The highest BCUT2D eigenvalue weighted by molar-refractivity contribution is 5.28. The summed E-state index contributed by atoms with van der Waals surface area (Å²) in [7, 11) is 1.98. The molecule has 0 spiro atoms. The van der Waals surface area contributed by atoms with Gasteiger partial charge in [-0.25, -0.2) is 4.39 Å². The molecule has 2 heterocycles.